The molecule has 0 atom stereocenters. The zero-order valence-corrected chi connectivity index (χ0v) is 24.2. The quantitative estimate of drug-likeness (QED) is 0.192. The van der Waals surface area contributed by atoms with Gasteiger partial charge in [0.25, 0.3) is 0 Å². The molecule has 8 aromatic rings. The van der Waals surface area contributed by atoms with Gasteiger partial charge < -0.3 is 4.57 Å². The molecule has 8 rings (SSSR count). The van der Waals surface area contributed by atoms with E-state index in [-0.39, 0.29) is 0 Å². The van der Waals surface area contributed by atoms with Crippen LogP contribution < -0.4 is 0 Å². The Morgan fingerprint density at radius 1 is 0.422 bits per heavy atom. The molecule has 2 heterocycles. The third-order valence-electron chi connectivity index (χ3n) is 8.07. The Bertz CT molecular complexity index is 2300. The van der Waals surface area contributed by atoms with Crippen molar-refractivity contribution < 1.29 is 0 Å². The third kappa shape index (κ3) is 4.81. The normalized spacial score (nSPS) is 11.1. The molecule has 6 aromatic carbocycles. The topological polar surface area (TPSA) is 48.0 Å². The van der Waals surface area contributed by atoms with Crippen molar-refractivity contribution in [3.63, 3.8) is 0 Å². The maximum atomic E-state index is 7.59. The molecule has 0 aliphatic carbocycles. The number of fused-ring (bicyclic) bond motifs is 3. The Morgan fingerprint density at radius 3 is 1.42 bits per heavy atom. The van der Waals surface area contributed by atoms with Crippen LogP contribution in [0.3, 0.4) is 0 Å². The number of para-hydroxylation sites is 1. The van der Waals surface area contributed by atoms with Crippen molar-refractivity contribution in [1.82, 2.24) is 19.5 Å². The fraction of sp³-hybridized carbons (Fsp3) is 0. The van der Waals surface area contributed by atoms with Crippen molar-refractivity contribution in [3.05, 3.63) is 163 Å². The van der Waals surface area contributed by atoms with Gasteiger partial charge in [0.15, 0.2) is 23.2 Å². The van der Waals surface area contributed by atoms with Crippen molar-refractivity contribution in [2.45, 2.75) is 0 Å². The van der Waals surface area contributed by atoms with Crippen molar-refractivity contribution in [2.75, 3.05) is 0 Å². The van der Waals surface area contributed by atoms with E-state index >= 15 is 0 Å². The van der Waals surface area contributed by atoms with Crippen molar-refractivity contribution in [3.8, 4) is 51.0 Å². The van der Waals surface area contributed by atoms with Crippen LogP contribution in [0.5, 0.6) is 0 Å². The van der Waals surface area contributed by atoms with Gasteiger partial charge in [-0.3, -0.25) is 0 Å². The minimum absolute atomic E-state index is 0.627. The molecule has 0 radical (unpaired) electrons. The van der Waals surface area contributed by atoms with Crippen LogP contribution in [0.4, 0.5) is 5.69 Å². The van der Waals surface area contributed by atoms with E-state index in [1.165, 1.54) is 0 Å². The molecule has 0 aliphatic rings. The average Bonchev–Trinajstić information content (AvgIpc) is 3.45. The second kappa shape index (κ2) is 11.0. The largest absolute Gasteiger partial charge is 0.309 e. The summed E-state index contributed by atoms with van der Waals surface area (Å²) in [7, 11) is 0. The van der Waals surface area contributed by atoms with Gasteiger partial charge in [-0.25, -0.2) is 19.8 Å². The van der Waals surface area contributed by atoms with Crippen molar-refractivity contribution in [2.24, 2.45) is 0 Å². The summed E-state index contributed by atoms with van der Waals surface area (Å²) < 4.78 is 2.26. The van der Waals surface area contributed by atoms with E-state index < -0.39 is 0 Å². The minimum atomic E-state index is 0.627. The predicted molar refractivity (Wildman–Crippen MR) is 182 cm³/mol. The van der Waals surface area contributed by atoms with Gasteiger partial charge in [-0.05, 0) is 52.9 Å². The molecular formula is C40H25N5. The number of rotatable bonds is 5. The van der Waals surface area contributed by atoms with E-state index in [0.717, 1.165) is 55.3 Å². The molecule has 5 heteroatoms. The number of benzene rings is 6. The first-order valence-electron chi connectivity index (χ1n) is 14.7. The Hall–Kier alpha value is -6.38. The van der Waals surface area contributed by atoms with E-state index in [4.69, 9.17) is 21.5 Å². The standard InChI is InChI=1S/C40H25N5/c1-41-32-22-24-37-35(26-32)34-25-31(21-23-36(34)45(37)33-15-9-4-10-16-33)27-17-19-30(20-18-27)40-43-38(28-11-5-2-6-12-28)42-39(44-40)29-13-7-3-8-14-29/h2-26H. The number of hydrogen-bond acceptors (Lipinski definition) is 3. The van der Waals surface area contributed by atoms with Crippen LogP contribution in [0.15, 0.2) is 152 Å². The highest BCUT2D eigenvalue weighted by Crippen LogP contribution is 2.37. The van der Waals surface area contributed by atoms with Crippen LogP contribution in [0, 0.1) is 6.57 Å². The average molecular weight is 576 g/mol. The van der Waals surface area contributed by atoms with Gasteiger partial charge in [-0.1, -0.05) is 115 Å². The lowest BCUT2D eigenvalue weighted by molar-refractivity contribution is 1.07. The molecule has 0 fully saturated rings. The maximum Gasteiger partial charge on any atom is 0.188 e. The SMILES string of the molecule is [C-]#[N+]c1ccc2c(c1)c1cc(-c3ccc(-c4nc(-c5ccccc5)nc(-c5ccccc5)n4)cc3)ccc1n2-c1ccccc1. The zero-order chi connectivity index (χ0) is 30.2. The maximum absolute atomic E-state index is 7.59. The summed E-state index contributed by atoms with van der Waals surface area (Å²) in [4.78, 5) is 18.3. The Balaban J connectivity index is 1.22. The minimum Gasteiger partial charge on any atom is -0.309 e. The summed E-state index contributed by atoms with van der Waals surface area (Å²) in [5.41, 5.74) is 8.89. The second-order valence-electron chi connectivity index (χ2n) is 10.8. The molecule has 0 saturated heterocycles. The van der Waals surface area contributed by atoms with Crippen LogP contribution in [0.25, 0.3) is 77.6 Å². The van der Waals surface area contributed by atoms with Crippen LogP contribution >= 0.6 is 0 Å². The first-order chi connectivity index (χ1) is 22.2. The summed E-state index contributed by atoms with van der Waals surface area (Å²) in [5, 5.41) is 2.17. The van der Waals surface area contributed by atoms with Crippen molar-refractivity contribution in [1.29, 1.82) is 0 Å². The molecule has 0 bridgehead atoms. The van der Waals surface area contributed by atoms with Crippen LogP contribution in [0.2, 0.25) is 0 Å². The van der Waals surface area contributed by atoms with Crippen LogP contribution in [0.1, 0.15) is 0 Å². The van der Waals surface area contributed by atoms with E-state index in [1.807, 2.05) is 84.9 Å². The molecular weight excluding hydrogens is 550 g/mol. The summed E-state index contributed by atoms with van der Waals surface area (Å²) in [6.07, 6.45) is 0. The number of hydrogen-bond donors (Lipinski definition) is 0. The van der Waals surface area contributed by atoms with Gasteiger partial charge in [-0.15, -0.1) is 0 Å². The summed E-state index contributed by atoms with van der Waals surface area (Å²) in [6.45, 7) is 7.59. The van der Waals surface area contributed by atoms with Gasteiger partial charge in [0.05, 0.1) is 17.6 Å². The highest BCUT2D eigenvalue weighted by atomic mass is 15.0. The fourth-order valence-electron chi connectivity index (χ4n) is 5.87. The lowest BCUT2D eigenvalue weighted by atomic mass is 10.0. The molecule has 210 valence electrons. The molecule has 0 aliphatic heterocycles. The monoisotopic (exact) mass is 575 g/mol. The molecule has 5 nitrogen and oxygen atoms in total. The Morgan fingerprint density at radius 2 is 0.867 bits per heavy atom. The molecule has 0 saturated carbocycles. The lowest BCUT2D eigenvalue weighted by Gasteiger charge is -2.10. The molecule has 0 N–H and O–H groups in total. The molecule has 0 spiro atoms. The smallest absolute Gasteiger partial charge is 0.188 e. The van der Waals surface area contributed by atoms with E-state index in [9.17, 15) is 0 Å². The lowest BCUT2D eigenvalue weighted by Crippen LogP contribution is -2.00. The highest BCUT2D eigenvalue weighted by molar-refractivity contribution is 6.11. The van der Waals surface area contributed by atoms with Gasteiger partial charge in [-0.2, -0.15) is 0 Å². The summed E-state index contributed by atoms with van der Waals surface area (Å²) >= 11 is 0. The van der Waals surface area contributed by atoms with Gasteiger partial charge in [0.1, 0.15) is 0 Å². The van der Waals surface area contributed by atoms with Gasteiger partial charge >= 0.3 is 0 Å². The van der Waals surface area contributed by atoms with Crippen LogP contribution in [-0.4, -0.2) is 19.5 Å². The van der Waals surface area contributed by atoms with E-state index in [1.54, 1.807) is 0 Å². The third-order valence-corrected chi connectivity index (χ3v) is 8.07. The second-order valence-corrected chi connectivity index (χ2v) is 10.8. The van der Waals surface area contributed by atoms with E-state index in [2.05, 4.69) is 76.1 Å². The molecule has 0 unspecified atom stereocenters. The molecule has 2 aromatic heterocycles. The van der Waals surface area contributed by atoms with Gasteiger partial charge in [0, 0.05) is 27.8 Å². The predicted octanol–water partition coefficient (Wildman–Crippen LogP) is 10.2. The Kier molecular flexibility index (Phi) is 6.44. The first-order valence-corrected chi connectivity index (χ1v) is 14.7. The number of aromatic nitrogens is 4. The van der Waals surface area contributed by atoms with Crippen LogP contribution in [-0.2, 0) is 0 Å². The number of nitrogens with zero attached hydrogens (tertiary/aromatic N) is 5. The summed E-state index contributed by atoms with van der Waals surface area (Å²) in [6, 6.07) is 51.2. The zero-order valence-electron chi connectivity index (χ0n) is 24.2. The summed E-state index contributed by atoms with van der Waals surface area (Å²) in [5.74, 6) is 1.91. The fourth-order valence-corrected chi connectivity index (χ4v) is 5.87. The highest BCUT2D eigenvalue weighted by Gasteiger charge is 2.15. The van der Waals surface area contributed by atoms with Crippen molar-refractivity contribution >= 4 is 27.5 Å². The van der Waals surface area contributed by atoms with E-state index in [0.29, 0.717) is 23.2 Å². The first kappa shape index (κ1) is 26.3. The molecule has 45 heavy (non-hydrogen) atoms. The molecule has 0 amide bonds. The van der Waals surface area contributed by atoms with Gasteiger partial charge in [0.2, 0.25) is 0 Å². The Labute approximate surface area is 260 Å².